The molecular weight excluding hydrogens is 510 g/mol. The summed E-state index contributed by atoms with van der Waals surface area (Å²) in [5.74, 6) is -1.36. The summed E-state index contributed by atoms with van der Waals surface area (Å²) in [4.78, 5) is 16.3. The van der Waals surface area contributed by atoms with E-state index in [0.717, 1.165) is 24.0 Å². The second-order valence-electron chi connectivity index (χ2n) is 8.39. The minimum Gasteiger partial charge on any atom is -0.346 e. The number of carbonyl (C=O) groups is 1. The molecule has 0 spiro atoms. The Morgan fingerprint density at radius 2 is 1.76 bits per heavy atom. The molecule has 1 aromatic heterocycles. The van der Waals surface area contributed by atoms with Gasteiger partial charge in [-0.1, -0.05) is 42.5 Å². The van der Waals surface area contributed by atoms with E-state index in [9.17, 15) is 30.8 Å². The largest absolute Gasteiger partial charge is 0.433 e. The predicted octanol–water partition coefficient (Wildman–Crippen LogP) is 5.29. The lowest BCUT2D eigenvalue weighted by atomic mass is 10.0. The van der Waals surface area contributed by atoms with Crippen LogP contribution in [0.15, 0.2) is 66.7 Å². The third kappa shape index (κ3) is 8.42. The molecular formula is C26H25F4N3O3S. The fraction of sp³-hybridized carbons (Fsp3) is 0.231. The average Bonchev–Trinajstić information content (AvgIpc) is 2.82. The second-order valence-corrected chi connectivity index (χ2v) is 10.1. The van der Waals surface area contributed by atoms with Crippen LogP contribution in [0.5, 0.6) is 0 Å². The molecule has 0 saturated carbocycles. The number of nitrogens with zero attached hydrogens (tertiary/aromatic N) is 1. The van der Waals surface area contributed by atoms with Gasteiger partial charge in [-0.05, 0) is 60.7 Å². The van der Waals surface area contributed by atoms with Crippen LogP contribution in [0.1, 0.15) is 41.0 Å². The van der Waals surface area contributed by atoms with E-state index in [-0.39, 0.29) is 17.8 Å². The van der Waals surface area contributed by atoms with Crippen LogP contribution < -0.4 is 10.0 Å². The molecule has 1 atom stereocenters. The van der Waals surface area contributed by atoms with Crippen LogP contribution in [0, 0.1) is 5.82 Å². The highest BCUT2D eigenvalue weighted by Gasteiger charge is 2.32. The van der Waals surface area contributed by atoms with Crippen LogP contribution in [-0.4, -0.2) is 25.6 Å². The van der Waals surface area contributed by atoms with E-state index in [1.165, 1.54) is 30.4 Å². The molecule has 2 N–H and O–H groups in total. The molecule has 0 bridgehead atoms. The Balaban J connectivity index is 1.73. The second kappa shape index (κ2) is 11.5. The molecule has 6 nitrogen and oxygen atoms in total. The number of aromatic nitrogens is 1. The molecule has 3 rings (SSSR count). The highest BCUT2D eigenvalue weighted by atomic mass is 32.2. The van der Waals surface area contributed by atoms with Gasteiger partial charge in [0.2, 0.25) is 15.9 Å². The number of hydrogen-bond acceptors (Lipinski definition) is 4. The van der Waals surface area contributed by atoms with Crippen molar-refractivity contribution in [2.45, 2.75) is 32.0 Å². The minimum atomic E-state index is -4.60. The van der Waals surface area contributed by atoms with Gasteiger partial charge in [0.25, 0.3) is 0 Å². The fourth-order valence-corrected chi connectivity index (χ4v) is 4.09. The number of halogens is 4. The zero-order chi connectivity index (χ0) is 27.2. The predicted molar refractivity (Wildman–Crippen MR) is 134 cm³/mol. The summed E-state index contributed by atoms with van der Waals surface area (Å²) in [6, 6.07) is 14.6. The van der Waals surface area contributed by atoms with Gasteiger partial charge in [0, 0.05) is 11.8 Å². The summed E-state index contributed by atoms with van der Waals surface area (Å²) in [6.45, 7) is 1.61. The highest BCUT2D eigenvalue weighted by molar-refractivity contribution is 7.92. The molecule has 11 heteroatoms. The van der Waals surface area contributed by atoms with Gasteiger partial charge in [-0.3, -0.25) is 9.52 Å². The van der Waals surface area contributed by atoms with Gasteiger partial charge in [0.15, 0.2) is 0 Å². The molecule has 0 aliphatic carbocycles. The van der Waals surface area contributed by atoms with Crippen molar-refractivity contribution in [2.24, 2.45) is 0 Å². The van der Waals surface area contributed by atoms with E-state index in [0.29, 0.717) is 17.5 Å². The minimum absolute atomic E-state index is 0.201. The van der Waals surface area contributed by atoms with Crippen molar-refractivity contribution < 1.29 is 30.8 Å². The Morgan fingerprint density at radius 1 is 1.05 bits per heavy atom. The van der Waals surface area contributed by atoms with Crippen LogP contribution in [0.25, 0.3) is 6.08 Å². The summed E-state index contributed by atoms with van der Waals surface area (Å²) in [6.07, 6.45) is -0.446. The van der Waals surface area contributed by atoms with E-state index in [1.54, 1.807) is 6.92 Å². The summed E-state index contributed by atoms with van der Waals surface area (Å²) in [5.41, 5.74) is 0.663. The lowest BCUT2D eigenvalue weighted by Gasteiger charge is -2.15. The van der Waals surface area contributed by atoms with Crippen molar-refractivity contribution in [3.05, 3.63) is 101 Å². The zero-order valence-corrected chi connectivity index (χ0v) is 20.8. The van der Waals surface area contributed by atoms with Crippen molar-refractivity contribution in [1.29, 1.82) is 0 Å². The van der Waals surface area contributed by atoms with Gasteiger partial charge >= 0.3 is 6.18 Å². The maximum absolute atomic E-state index is 14.3. The molecule has 0 unspecified atom stereocenters. The highest BCUT2D eigenvalue weighted by Crippen LogP contribution is 2.29. The van der Waals surface area contributed by atoms with E-state index < -0.39 is 39.7 Å². The molecule has 0 radical (unpaired) electrons. The van der Waals surface area contributed by atoms with E-state index >= 15 is 0 Å². The van der Waals surface area contributed by atoms with Crippen molar-refractivity contribution in [3.63, 3.8) is 0 Å². The maximum Gasteiger partial charge on any atom is 0.433 e. The Bertz CT molecular complexity index is 1390. The first-order valence-corrected chi connectivity index (χ1v) is 13.1. The molecule has 0 aliphatic heterocycles. The number of nitrogens with one attached hydrogen (secondary N) is 2. The first kappa shape index (κ1) is 27.9. The van der Waals surface area contributed by atoms with Crippen LogP contribution >= 0.6 is 0 Å². The molecule has 0 fully saturated rings. The Kier molecular flexibility index (Phi) is 8.69. The van der Waals surface area contributed by atoms with Crippen LogP contribution in [0.4, 0.5) is 23.2 Å². The maximum atomic E-state index is 14.3. The van der Waals surface area contributed by atoms with Gasteiger partial charge in [0.05, 0.1) is 18.0 Å². The molecule has 0 aliphatic rings. The number of rotatable bonds is 9. The smallest absolute Gasteiger partial charge is 0.346 e. The van der Waals surface area contributed by atoms with Crippen molar-refractivity contribution in [3.8, 4) is 0 Å². The number of hydrogen-bond donors (Lipinski definition) is 2. The van der Waals surface area contributed by atoms with E-state index in [1.807, 2.05) is 30.3 Å². The number of sulfonamides is 1. The Morgan fingerprint density at radius 3 is 2.38 bits per heavy atom. The monoisotopic (exact) mass is 535 g/mol. The Hall–Kier alpha value is -3.73. The number of carbonyl (C=O) groups excluding carboxylic acids is 1. The van der Waals surface area contributed by atoms with Crippen LogP contribution in [0.2, 0.25) is 0 Å². The topological polar surface area (TPSA) is 88.2 Å². The lowest BCUT2D eigenvalue weighted by molar-refractivity contribution is -0.141. The fourth-order valence-electron chi connectivity index (χ4n) is 3.52. The van der Waals surface area contributed by atoms with Crippen LogP contribution in [0.3, 0.4) is 0 Å². The molecule has 196 valence electrons. The SMILES string of the molecule is C[C@@H](NC(=O)/C=C\c1ccc(C(F)(F)F)nc1CCc1ccccc1)c1ccc(NS(C)(=O)=O)c(F)c1. The normalized spacial score (nSPS) is 12.9. The summed E-state index contributed by atoms with van der Waals surface area (Å²) >= 11 is 0. The van der Waals surface area contributed by atoms with Crippen molar-refractivity contribution in [2.75, 3.05) is 11.0 Å². The van der Waals surface area contributed by atoms with Gasteiger partial charge in [-0.25, -0.2) is 17.8 Å². The molecule has 2 aromatic carbocycles. The first-order valence-electron chi connectivity index (χ1n) is 11.2. The number of benzene rings is 2. The average molecular weight is 536 g/mol. The van der Waals surface area contributed by atoms with E-state index in [4.69, 9.17) is 0 Å². The first-order chi connectivity index (χ1) is 17.3. The number of aryl methyl sites for hydroxylation is 2. The number of amides is 1. The number of pyridine rings is 1. The molecule has 1 amide bonds. The Labute approximate surface area is 212 Å². The summed E-state index contributed by atoms with van der Waals surface area (Å²) in [7, 11) is -3.66. The molecule has 0 saturated heterocycles. The quantitative estimate of drug-likeness (QED) is 0.288. The molecule has 1 heterocycles. The number of alkyl halides is 3. The molecule has 37 heavy (non-hydrogen) atoms. The van der Waals surface area contributed by atoms with Gasteiger partial charge in [0.1, 0.15) is 11.5 Å². The van der Waals surface area contributed by atoms with Gasteiger partial charge in [-0.15, -0.1) is 0 Å². The standard InChI is InChI=1S/C26H25F4N3O3S/c1-17(20-9-13-23(21(27)16-20)33-37(2,35)36)31-25(34)15-11-19-10-14-24(26(28,29)30)32-22(19)12-8-18-6-4-3-5-7-18/h3-7,9-11,13-17,33H,8,12H2,1-2H3,(H,31,34)/b15-11-/t17-/m1/s1. The third-order valence-electron chi connectivity index (χ3n) is 5.35. The van der Waals surface area contributed by atoms with Crippen molar-refractivity contribution >= 4 is 27.7 Å². The lowest BCUT2D eigenvalue weighted by Crippen LogP contribution is -2.24. The number of anilines is 1. The van der Waals surface area contributed by atoms with Crippen LogP contribution in [-0.2, 0) is 33.8 Å². The van der Waals surface area contributed by atoms with Gasteiger partial charge in [-0.2, -0.15) is 13.2 Å². The summed E-state index contributed by atoms with van der Waals surface area (Å²) in [5, 5.41) is 2.64. The summed E-state index contributed by atoms with van der Waals surface area (Å²) < 4.78 is 78.6. The third-order valence-corrected chi connectivity index (χ3v) is 5.95. The van der Waals surface area contributed by atoms with E-state index in [2.05, 4.69) is 15.0 Å². The zero-order valence-electron chi connectivity index (χ0n) is 20.0. The van der Waals surface area contributed by atoms with Crippen molar-refractivity contribution in [1.82, 2.24) is 10.3 Å². The molecule has 3 aromatic rings. The van der Waals surface area contributed by atoms with Gasteiger partial charge < -0.3 is 5.32 Å².